The number of aryl methyl sites for hydroxylation is 2. The lowest BCUT2D eigenvalue weighted by Crippen LogP contribution is -2.14. The Balaban J connectivity index is 1.70. The van der Waals surface area contributed by atoms with Crippen molar-refractivity contribution < 1.29 is 4.79 Å². The van der Waals surface area contributed by atoms with E-state index in [0.29, 0.717) is 5.82 Å². The fourth-order valence-electron chi connectivity index (χ4n) is 2.28. The monoisotopic (exact) mass is 318 g/mol. The number of para-hydroxylation sites is 1. The zero-order valence-electron chi connectivity index (χ0n) is 13.6. The number of nitrogens with zero attached hydrogens (tertiary/aromatic N) is 2. The van der Waals surface area contributed by atoms with Crippen LogP contribution in [0.25, 0.3) is 0 Å². The molecule has 1 amide bonds. The summed E-state index contributed by atoms with van der Waals surface area (Å²) in [6, 6.07) is 15.5. The number of hydrogen-bond donors (Lipinski definition) is 2. The summed E-state index contributed by atoms with van der Waals surface area (Å²) in [5, 5.41) is 6.01. The number of carbonyl (C=O) groups is 1. The molecule has 0 aliphatic carbocycles. The standard InChI is InChI=1S/C19H18N4O/c1-13-6-5-8-15(10-13)22-19(24)17-11-21-18(12-20-17)23-16-9-4-3-7-14(16)2/h3-12H,1-2H3,(H,21,23)(H,22,24). The smallest absolute Gasteiger partial charge is 0.275 e. The van der Waals surface area contributed by atoms with Crippen LogP contribution >= 0.6 is 0 Å². The summed E-state index contributed by atoms with van der Waals surface area (Å²) in [6.45, 7) is 3.99. The van der Waals surface area contributed by atoms with Gasteiger partial charge >= 0.3 is 0 Å². The largest absolute Gasteiger partial charge is 0.339 e. The predicted molar refractivity (Wildman–Crippen MR) is 95.6 cm³/mol. The predicted octanol–water partition coefficient (Wildman–Crippen LogP) is 4.09. The summed E-state index contributed by atoms with van der Waals surface area (Å²) in [4.78, 5) is 20.7. The van der Waals surface area contributed by atoms with Gasteiger partial charge in [-0.05, 0) is 43.2 Å². The van der Waals surface area contributed by atoms with Gasteiger partial charge in [0.1, 0.15) is 11.5 Å². The summed E-state index contributed by atoms with van der Waals surface area (Å²) >= 11 is 0. The Morgan fingerprint density at radius 2 is 1.79 bits per heavy atom. The van der Waals surface area contributed by atoms with E-state index >= 15 is 0 Å². The second-order valence-electron chi connectivity index (χ2n) is 5.55. The molecule has 1 heterocycles. The third kappa shape index (κ3) is 3.76. The third-order valence-corrected chi connectivity index (χ3v) is 3.57. The first-order chi connectivity index (χ1) is 11.6. The van der Waals surface area contributed by atoms with Crippen molar-refractivity contribution in [1.29, 1.82) is 0 Å². The molecule has 3 rings (SSSR count). The molecule has 2 N–H and O–H groups in total. The zero-order chi connectivity index (χ0) is 16.9. The zero-order valence-corrected chi connectivity index (χ0v) is 13.6. The number of amides is 1. The molecule has 0 spiro atoms. The minimum Gasteiger partial charge on any atom is -0.339 e. The van der Waals surface area contributed by atoms with E-state index in [1.54, 1.807) is 6.20 Å². The van der Waals surface area contributed by atoms with Crippen molar-refractivity contribution in [1.82, 2.24) is 9.97 Å². The van der Waals surface area contributed by atoms with Crippen molar-refractivity contribution in [3.8, 4) is 0 Å². The van der Waals surface area contributed by atoms with E-state index < -0.39 is 0 Å². The molecule has 0 saturated carbocycles. The van der Waals surface area contributed by atoms with Crippen molar-refractivity contribution >= 4 is 23.1 Å². The van der Waals surface area contributed by atoms with Crippen LogP contribution in [0.1, 0.15) is 21.6 Å². The summed E-state index contributed by atoms with van der Waals surface area (Å²) < 4.78 is 0. The minimum atomic E-state index is -0.282. The van der Waals surface area contributed by atoms with Gasteiger partial charge < -0.3 is 10.6 Å². The summed E-state index contributed by atoms with van der Waals surface area (Å²) in [7, 11) is 0. The Morgan fingerprint density at radius 1 is 0.958 bits per heavy atom. The van der Waals surface area contributed by atoms with Crippen LogP contribution in [-0.4, -0.2) is 15.9 Å². The molecular formula is C19H18N4O. The van der Waals surface area contributed by atoms with Crippen LogP contribution in [-0.2, 0) is 0 Å². The van der Waals surface area contributed by atoms with Gasteiger partial charge in [0.25, 0.3) is 5.91 Å². The first-order valence-corrected chi connectivity index (χ1v) is 7.64. The molecule has 1 aromatic heterocycles. The molecule has 2 aromatic carbocycles. The van der Waals surface area contributed by atoms with Gasteiger partial charge in [-0.3, -0.25) is 4.79 Å². The topological polar surface area (TPSA) is 66.9 Å². The van der Waals surface area contributed by atoms with E-state index in [2.05, 4.69) is 20.6 Å². The van der Waals surface area contributed by atoms with Gasteiger partial charge in [-0.2, -0.15) is 0 Å². The third-order valence-electron chi connectivity index (χ3n) is 3.57. The highest BCUT2D eigenvalue weighted by atomic mass is 16.1. The molecule has 0 fully saturated rings. The molecule has 5 heteroatoms. The molecular weight excluding hydrogens is 300 g/mol. The maximum Gasteiger partial charge on any atom is 0.275 e. The normalized spacial score (nSPS) is 10.2. The highest BCUT2D eigenvalue weighted by Crippen LogP contribution is 2.18. The number of rotatable bonds is 4. The van der Waals surface area contributed by atoms with Crippen LogP contribution in [0.4, 0.5) is 17.2 Å². The van der Waals surface area contributed by atoms with Crippen LogP contribution in [0, 0.1) is 13.8 Å². The van der Waals surface area contributed by atoms with Crippen LogP contribution < -0.4 is 10.6 Å². The van der Waals surface area contributed by atoms with Crippen molar-refractivity contribution in [2.75, 3.05) is 10.6 Å². The van der Waals surface area contributed by atoms with Gasteiger partial charge in [0.15, 0.2) is 0 Å². The molecule has 0 radical (unpaired) electrons. The SMILES string of the molecule is Cc1cccc(NC(=O)c2cnc(Nc3ccccc3C)cn2)c1. The lowest BCUT2D eigenvalue weighted by Gasteiger charge is -2.09. The molecule has 0 saturated heterocycles. The number of aromatic nitrogens is 2. The van der Waals surface area contributed by atoms with Crippen molar-refractivity contribution in [2.24, 2.45) is 0 Å². The van der Waals surface area contributed by atoms with E-state index in [9.17, 15) is 4.79 Å². The maximum absolute atomic E-state index is 12.2. The Hall–Kier alpha value is -3.21. The second kappa shape index (κ2) is 6.91. The van der Waals surface area contributed by atoms with Crippen LogP contribution in [0.5, 0.6) is 0 Å². The van der Waals surface area contributed by atoms with Gasteiger partial charge in [0.2, 0.25) is 0 Å². The molecule has 24 heavy (non-hydrogen) atoms. The average Bonchev–Trinajstić information content (AvgIpc) is 2.57. The first kappa shape index (κ1) is 15.7. The van der Waals surface area contributed by atoms with E-state index in [-0.39, 0.29) is 11.6 Å². The first-order valence-electron chi connectivity index (χ1n) is 7.64. The number of anilines is 3. The van der Waals surface area contributed by atoms with E-state index in [1.807, 2.05) is 62.4 Å². The molecule has 3 aromatic rings. The fraction of sp³-hybridized carbons (Fsp3) is 0.105. The summed E-state index contributed by atoms with van der Waals surface area (Å²) in [6.07, 6.45) is 3.02. The molecule has 0 unspecified atom stereocenters. The lowest BCUT2D eigenvalue weighted by molar-refractivity contribution is 0.102. The minimum absolute atomic E-state index is 0.270. The van der Waals surface area contributed by atoms with E-state index in [0.717, 1.165) is 22.5 Å². The van der Waals surface area contributed by atoms with Gasteiger partial charge in [0.05, 0.1) is 12.4 Å². The quantitative estimate of drug-likeness (QED) is 0.760. The Bertz CT molecular complexity index is 859. The number of benzene rings is 2. The molecule has 120 valence electrons. The van der Waals surface area contributed by atoms with Crippen molar-refractivity contribution in [2.45, 2.75) is 13.8 Å². The Labute approximate surface area is 140 Å². The number of nitrogens with one attached hydrogen (secondary N) is 2. The highest BCUT2D eigenvalue weighted by Gasteiger charge is 2.09. The lowest BCUT2D eigenvalue weighted by atomic mass is 10.2. The Morgan fingerprint density at radius 3 is 2.50 bits per heavy atom. The fourth-order valence-corrected chi connectivity index (χ4v) is 2.28. The Kier molecular flexibility index (Phi) is 4.52. The van der Waals surface area contributed by atoms with Crippen molar-refractivity contribution in [3.05, 3.63) is 77.7 Å². The highest BCUT2D eigenvalue weighted by molar-refractivity contribution is 6.02. The van der Waals surface area contributed by atoms with Crippen LogP contribution in [0.15, 0.2) is 60.9 Å². The molecule has 5 nitrogen and oxygen atoms in total. The molecule has 0 aliphatic heterocycles. The number of carbonyl (C=O) groups excluding carboxylic acids is 1. The van der Waals surface area contributed by atoms with Crippen LogP contribution in [0.2, 0.25) is 0 Å². The average molecular weight is 318 g/mol. The second-order valence-corrected chi connectivity index (χ2v) is 5.55. The molecule has 0 atom stereocenters. The van der Waals surface area contributed by atoms with Gasteiger partial charge in [0, 0.05) is 11.4 Å². The van der Waals surface area contributed by atoms with E-state index in [4.69, 9.17) is 0 Å². The molecule has 0 aliphatic rings. The van der Waals surface area contributed by atoms with Crippen molar-refractivity contribution in [3.63, 3.8) is 0 Å². The number of hydrogen-bond acceptors (Lipinski definition) is 4. The van der Waals surface area contributed by atoms with Gasteiger partial charge in [-0.15, -0.1) is 0 Å². The van der Waals surface area contributed by atoms with Gasteiger partial charge in [-0.25, -0.2) is 9.97 Å². The summed E-state index contributed by atoms with van der Waals surface area (Å²) in [5.74, 6) is 0.312. The summed E-state index contributed by atoms with van der Waals surface area (Å²) in [5.41, 5.74) is 4.16. The maximum atomic E-state index is 12.2. The van der Waals surface area contributed by atoms with E-state index in [1.165, 1.54) is 6.20 Å². The van der Waals surface area contributed by atoms with Gasteiger partial charge in [-0.1, -0.05) is 30.3 Å². The molecule has 0 bridgehead atoms. The van der Waals surface area contributed by atoms with Crippen LogP contribution in [0.3, 0.4) is 0 Å².